The number of pyridine rings is 2. The van der Waals surface area contributed by atoms with E-state index >= 15 is 0 Å². The van der Waals surface area contributed by atoms with Crippen molar-refractivity contribution in [3.8, 4) is 68.6 Å². The van der Waals surface area contributed by atoms with Crippen LogP contribution in [0, 0.1) is 22.9 Å². The van der Waals surface area contributed by atoms with Crippen LogP contribution in [0.15, 0.2) is 54.9 Å². The van der Waals surface area contributed by atoms with Gasteiger partial charge in [0.05, 0.1) is 153 Å². The predicted molar refractivity (Wildman–Crippen MR) is 356 cm³/mol. The molecule has 0 N–H and O–H groups in total. The van der Waals surface area contributed by atoms with Crippen molar-refractivity contribution < 1.29 is 66.4 Å². The van der Waals surface area contributed by atoms with E-state index in [1.807, 2.05) is 30.3 Å². The monoisotopic (exact) mass is 1300 g/mol. The van der Waals surface area contributed by atoms with Gasteiger partial charge in [-0.1, -0.05) is 105 Å². The molecule has 91 heavy (non-hydrogen) atoms. The Bertz CT molecular complexity index is 2840. The fraction of sp³-hybridized carbons (Fsp3) is 0.627. The molecule has 0 aliphatic heterocycles. The molecule has 0 unspecified atom stereocenters. The van der Waals surface area contributed by atoms with Gasteiger partial charge in [-0.05, 0) is 58.4 Å². The summed E-state index contributed by atoms with van der Waals surface area (Å²) in [5.41, 5.74) is 14.1. The maximum absolute atomic E-state index is 14.3. The summed E-state index contributed by atoms with van der Waals surface area (Å²) in [6.07, 6.45) is 2.86. The molecule has 0 aliphatic carbocycles. The minimum Gasteiger partial charge on any atom is -0.491 e. The Hall–Kier alpha value is -5.98. The van der Waals surface area contributed by atoms with E-state index in [9.17, 15) is 4.79 Å². The summed E-state index contributed by atoms with van der Waals surface area (Å²) in [5, 5.41) is 18.5. The third-order valence-electron chi connectivity index (χ3n) is 15.8. The molecule has 22 nitrogen and oxygen atoms in total. The minimum atomic E-state index is -2.16. The first-order chi connectivity index (χ1) is 43.8. The van der Waals surface area contributed by atoms with E-state index in [0.717, 1.165) is 0 Å². The largest absolute Gasteiger partial charge is 0.491 e. The van der Waals surface area contributed by atoms with Gasteiger partial charge in [0.1, 0.15) is 69.7 Å². The highest BCUT2D eigenvalue weighted by molar-refractivity contribution is 6.91. The Labute approximate surface area is 542 Å². The Kier molecular flexibility index (Phi) is 33.5. The molecule has 5 aromatic rings. The summed E-state index contributed by atoms with van der Waals surface area (Å²) in [7, 11) is 0.591. The molecule has 0 radical (unpaired) electrons. The number of hydrogen-bond donors (Lipinski definition) is 0. The smallest absolute Gasteiger partial charge is 0.338 e. The van der Waals surface area contributed by atoms with Gasteiger partial charge in [-0.25, -0.2) is 24.1 Å². The molecule has 0 aliphatic rings. The van der Waals surface area contributed by atoms with Crippen LogP contribution in [0.4, 0.5) is 0 Å². The Morgan fingerprint density at radius 3 is 1.09 bits per heavy atom. The number of hydrogen-bond acceptors (Lipinski definition) is 20. The maximum atomic E-state index is 14.3. The van der Waals surface area contributed by atoms with Gasteiger partial charge in [0.25, 0.3) is 0 Å². The first kappa shape index (κ1) is 75.7. The van der Waals surface area contributed by atoms with Crippen molar-refractivity contribution in [2.45, 2.75) is 129 Å². The van der Waals surface area contributed by atoms with E-state index < -0.39 is 28.2 Å². The Balaban J connectivity index is 1.54. The standard InChI is InChI=1S/C67H102N8O14Si2/c1-49(2)90(50(3)4,51(5)6)37-17-57-41-61(87-35-33-84-29-26-81-23-20-78-15)44-63(68-57)65-46-74(72-70-65)59-39-56(67(76)89-55(13)48-86-32-31-83-28-25-80-22-19-77-14)40-60(43-59)75-47-66(71-73-75)64-45-62(88-36-34-85-30-27-82-24-21-79-16)42-58(69-64)18-38-91(52(7)8,53(9)10)54(11)12/h39-47,49-55H,19-36,48H2,1-16H3/t55-/m0/s1. The van der Waals surface area contributed by atoms with Gasteiger partial charge >= 0.3 is 5.97 Å². The Morgan fingerprint density at radius 1 is 0.418 bits per heavy atom. The lowest BCUT2D eigenvalue weighted by Gasteiger charge is -2.38. The van der Waals surface area contributed by atoms with Crippen molar-refractivity contribution in [3.63, 3.8) is 0 Å². The molecule has 0 amide bonds. The lowest BCUT2D eigenvalue weighted by molar-refractivity contribution is -0.0217. The van der Waals surface area contributed by atoms with Crippen LogP contribution >= 0.6 is 0 Å². The molecule has 1 atom stereocenters. The number of carbonyl (C=O) groups excluding carboxylic acids is 1. The van der Waals surface area contributed by atoms with Crippen LogP contribution in [0.5, 0.6) is 11.5 Å². The zero-order chi connectivity index (χ0) is 66.2. The SMILES string of the molecule is COCCOCCOCCOC[C@H](C)OC(=O)c1cc(-n2cc(-c3cc(OCCOCCOCCOC)cc(C#C[Si](C(C)C)(C(C)C)C(C)C)n3)nn2)cc(-n2cc(-c3cc(OCCOCCOCCOC)cc(C#C[Si](C(C)C)(C(C)C)C(C)C)n3)nn2)c1. The lowest BCUT2D eigenvalue weighted by Crippen LogP contribution is -2.43. The normalized spacial score (nSPS) is 12.3. The molecule has 4 heterocycles. The van der Waals surface area contributed by atoms with Gasteiger partial charge in [-0.3, -0.25) is 0 Å². The van der Waals surface area contributed by atoms with E-state index in [1.54, 1.807) is 62.1 Å². The van der Waals surface area contributed by atoms with Crippen LogP contribution in [-0.4, -0.2) is 215 Å². The highest BCUT2D eigenvalue weighted by Crippen LogP contribution is 2.42. The lowest BCUT2D eigenvalue weighted by atomic mass is 10.1. The molecule has 24 heteroatoms. The number of esters is 1. The third-order valence-corrected chi connectivity index (χ3v) is 28.3. The van der Waals surface area contributed by atoms with Gasteiger partial charge in [-0.15, -0.1) is 21.3 Å². The predicted octanol–water partition coefficient (Wildman–Crippen LogP) is 10.5. The van der Waals surface area contributed by atoms with Crippen molar-refractivity contribution in [1.29, 1.82) is 0 Å². The molecular weight excluding hydrogens is 1200 g/mol. The topological polar surface area (TPSA) is 224 Å². The van der Waals surface area contributed by atoms with E-state index in [4.69, 9.17) is 71.5 Å². The fourth-order valence-electron chi connectivity index (χ4n) is 11.3. The second kappa shape index (κ2) is 40.2. The van der Waals surface area contributed by atoms with Crippen molar-refractivity contribution in [1.82, 2.24) is 40.0 Å². The van der Waals surface area contributed by atoms with Crippen LogP contribution in [0.25, 0.3) is 34.2 Å². The molecule has 0 spiro atoms. The zero-order valence-corrected chi connectivity index (χ0v) is 59.0. The first-order valence-corrected chi connectivity index (χ1v) is 36.3. The van der Waals surface area contributed by atoms with Gasteiger partial charge in [-0.2, -0.15) is 0 Å². The molecule has 0 fully saturated rings. The van der Waals surface area contributed by atoms with Crippen molar-refractivity contribution in [2.75, 3.05) is 147 Å². The van der Waals surface area contributed by atoms with Crippen LogP contribution in [0.1, 0.15) is 112 Å². The zero-order valence-electron chi connectivity index (χ0n) is 57.0. The van der Waals surface area contributed by atoms with Gasteiger partial charge in [0, 0.05) is 45.6 Å². The number of ether oxygens (including phenoxy) is 13. The Morgan fingerprint density at radius 2 is 0.747 bits per heavy atom. The first-order valence-electron chi connectivity index (χ1n) is 31.9. The van der Waals surface area contributed by atoms with Crippen LogP contribution in [0.2, 0.25) is 33.2 Å². The second-order valence-electron chi connectivity index (χ2n) is 23.9. The highest BCUT2D eigenvalue weighted by Gasteiger charge is 2.43. The van der Waals surface area contributed by atoms with Crippen molar-refractivity contribution >= 4 is 22.1 Å². The van der Waals surface area contributed by atoms with Crippen LogP contribution < -0.4 is 9.47 Å². The fourth-order valence-corrected chi connectivity index (χ4v) is 21.7. The van der Waals surface area contributed by atoms with Crippen molar-refractivity contribution in [2.24, 2.45) is 0 Å². The van der Waals surface area contributed by atoms with Crippen LogP contribution in [0.3, 0.4) is 0 Å². The minimum absolute atomic E-state index is 0.134. The van der Waals surface area contributed by atoms with Crippen LogP contribution in [-0.2, 0) is 52.1 Å². The quantitative estimate of drug-likeness (QED) is 0.0153. The number of benzene rings is 1. The molecular formula is C67H102N8O14Si2. The molecule has 0 bridgehead atoms. The van der Waals surface area contributed by atoms with E-state index in [1.165, 1.54) is 0 Å². The molecule has 502 valence electrons. The van der Waals surface area contributed by atoms with E-state index in [2.05, 4.69) is 127 Å². The van der Waals surface area contributed by atoms with Gasteiger partial charge in [0.2, 0.25) is 0 Å². The number of carbonyl (C=O) groups is 1. The summed E-state index contributed by atoms with van der Waals surface area (Å²) in [5.74, 6) is 7.49. The van der Waals surface area contributed by atoms with Crippen molar-refractivity contribution in [3.05, 3.63) is 71.8 Å². The second-order valence-corrected chi connectivity index (χ2v) is 35.1. The number of rotatable bonds is 43. The molecule has 1 aromatic carbocycles. The summed E-state index contributed by atoms with van der Waals surface area (Å²) in [4.78, 5) is 24.4. The number of methoxy groups -OCH3 is 3. The summed E-state index contributed by atoms with van der Waals surface area (Å²) >= 11 is 0. The summed E-state index contributed by atoms with van der Waals surface area (Å²) in [6.45, 7) is 36.7. The van der Waals surface area contributed by atoms with Gasteiger partial charge < -0.3 is 61.6 Å². The van der Waals surface area contributed by atoms with Gasteiger partial charge in [0.15, 0.2) is 0 Å². The summed E-state index contributed by atoms with van der Waals surface area (Å²) in [6, 6.07) is 12.5. The maximum Gasteiger partial charge on any atom is 0.338 e. The average molecular weight is 1300 g/mol. The number of nitrogens with zero attached hydrogens (tertiary/aromatic N) is 8. The number of aromatic nitrogens is 8. The molecule has 4 aromatic heterocycles. The molecule has 0 saturated heterocycles. The molecule has 0 saturated carbocycles. The molecule has 5 rings (SSSR count). The average Bonchev–Trinajstić information content (AvgIpc) is 1.82. The highest BCUT2D eigenvalue weighted by atomic mass is 28.3. The third kappa shape index (κ3) is 23.8. The van der Waals surface area contributed by atoms with E-state index in [-0.39, 0.29) is 25.4 Å². The summed E-state index contributed by atoms with van der Waals surface area (Å²) < 4.78 is 76.5. The van der Waals surface area contributed by atoms with E-state index in [0.29, 0.717) is 196 Å².